The number of para-hydroxylation sites is 5. The number of hydrogen-bond acceptors (Lipinski definition) is 4. The van der Waals surface area contributed by atoms with Crippen LogP contribution in [0.2, 0.25) is 0 Å². The Labute approximate surface area is 492 Å². The fourth-order valence-corrected chi connectivity index (χ4v) is 14.0. The molecule has 0 saturated heterocycles. The van der Waals surface area contributed by atoms with Crippen molar-refractivity contribution in [3.05, 3.63) is 285 Å². The van der Waals surface area contributed by atoms with E-state index in [-0.39, 0.29) is 13.4 Å². The largest absolute Gasteiger partial charge is 0.458 e. The average Bonchev–Trinajstić information content (AvgIpc) is 2.37. The van der Waals surface area contributed by atoms with E-state index in [1.807, 2.05) is 0 Å². The maximum absolute atomic E-state index is 6.83. The standard InChI is InChI=1S/C78H47B2NO4/c1-4-20-48(21-5-1)54-40-59(52-26-18-24-50(38-52)56-44-71-75-72(45-56)83-68-35-15-11-31-64(68)79(75)63-30-10-14-34-67(63)82-71)77-61(42-54)62-43-55(49-22-6-2-7-23-49)41-60(78(62)81(77)58-28-8-3-9-29-58)53-27-19-25-51(39-53)57-46-73-76-74(47-57)85-70-37-17-13-33-66(70)80(76)65-32-12-16-36-69(65)84-73/h1-47H. The first kappa shape index (κ1) is 47.6. The van der Waals surface area contributed by atoms with E-state index >= 15 is 0 Å². The lowest BCUT2D eigenvalue weighted by atomic mass is 9.35. The van der Waals surface area contributed by atoms with Crippen molar-refractivity contribution < 1.29 is 18.9 Å². The number of aromatic nitrogens is 1. The molecule has 0 N–H and O–H groups in total. The highest BCUT2D eigenvalue weighted by Crippen LogP contribution is 2.48. The van der Waals surface area contributed by atoms with Crippen LogP contribution in [-0.2, 0) is 0 Å². The van der Waals surface area contributed by atoms with Crippen molar-refractivity contribution in [1.29, 1.82) is 0 Å². The molecule has 394 valence electrons. The van der Waals surface area contributed by atoms with Gasteiger partial charge in [-0.3, -0.25) is 0 Å². The smallest absolute Gasteiger partial charge is 0.260 e. The summed E-state index contributed by atoms with van der Waals surface area (Å²) in [5.41, 5.74) is 23.0. The van der Waals surface area contributed by atoms with Gasteiger partial charge >= 0.3 is 0 Å². The van der Waals surface area contributed by atoms with Crippen LogP contribution in [0.25, 0.3) is 94.3 Å². The normalized spacial score (nSPS) is 12.8. The molecule has 0 aliphatic carbocycles. The van der Waals surface area contributed by atoms with Gasteiger partial charge in [0.15, 0.2) is 0 Å². The van der Waals surface area contributed by atoms with Gasteiger partial charge in [0.2, 0.25) is 0 Å². The molecule has 4 aliphatic rings. The van der Waals surface area contributed by atoms with Crippen LogP contribution in [0.1, 0.15) is 0 Å². The van der Waals surface area contributed by atoms with Gasteiger partial charge in [-0.15, -0.1) is 0 Å². The molecular weight excluding hydrogens is 1040 g/mol. The first-order valence-electron chi connectivity index (χ1n) is 29.1. The van der Waals surface area contributed by atoms with Crippen LogP contribution < -0.4 is 51.7 Å². The van der Waals surface area contributed by atoms with Crippen LogP contribution in [0.5, 0.6) is 46.0 Å². The van der Waals surface area contributed by atoms with E-state index in [9.17, 15) is 0 Å². The van der Waals surface area contributed by atoms with E-state index < -0.39 is 0 Å². The number of benzene rings is 13. The molecule has 13 aromatic carbocycles. The minimum atomic E-state index is -0.00512. The zero-order valence-corrected chi connectivity index (χ0v) is 45.9. The maximum atomic E-state index is 6.83. The van der Waals surface area contributed by atoms with Crippen LogP contribution in [0.3, 0.4) is 0 Å². The Kier molecular flexibility index (Phi) is 10.5. The summed E-state index contributed by atoms with van der Waals surface area (Å²) < 4.78 is 29.8. The van der Waals surface area contributed by atoms with Gasteiger partial charge in [0.1, 0.15) is 46.0 Å². The number of hydrogen-bond donors (Lipinski definition) is 0. The first-order valence-corrected chi connectivity index (χ1v) is 29.1. The SMILES string of the molecule is c1ccc(-c2cc(-c3cccc(-c4cc5c6c(c4)Oc4ccccc4B6c4ccccc4O5)c3)c3c(c2)c2cc(-c4ccccc4)cc(-c4cccc(-c5cc6c7c(c5)Oc5ccccc5B7c5ccccc5O6)c4)c2n3-c2ccccc2)cc1. The number of rotatable bonds is 7. The summed E-state index contributed by atoms with van der Waals surface area (Å²) in [6.07, 6.45) is 0. The monoisotopic (exact) mass is 1080 g/mol. The third-order valence-corrected chi connectivity index (χ3v) is 17.8. The Hall–Kier alpha value is -11.0. The van der Waals surface area contributed by atoms with E-state index in [1.54, 1.807) is 0 Å². The third kappa shape index (κ3) is 7.53. The van der Waals surface area contributed by atoms with Gasteiger partial charge in [-0.2, -0.15) is 0 Å². The second-order valence-electron chi connectivity index (χ2n) is 22.6. The molecule has 0 amide bonds. The predicted octanol–water partition coefficient (Wildman–Crippen LogP) is 16.2. The first-order chi connectivity index (χ1) is 42.1. The van der Waals surface area contributed by atoms with E-state index in [1.165, 1.54) is 0 Å². The van der Waals surface area contributed by atoms with Gasteiger partial charge < -0.3 is 23.5 Å². The molecule has 0 spiro atoms. The Morgan fingerprint density at radius 2 is 0.529 bits per heavy atom. The lowest BCUT2D eigenvalue weighted by Crippen LogP contribution is -2.57. The van der Waals surface area contributed by atoms with Crippen molar-refractivity contribution >= 4 is 68.0 Å². The van der Waals surface area contributed by atoms with Crippen LogP contribution in [0.4, 0.5) is 0 Å². The van der Waals surface area contributed by atoms with Crippen LogP contribution >= 0.6 is 0 Å². The molecule has 0 radical (unpaired) electrons. The van der Waals surface area contributed by atoms with Crippen molar-refractivity contribution in [2.24, 2.45) is 0 Å². The summed E-state index contributed by atoms with van der Waals surface area (Å²) in [6, 6.07) is 102. The summed E-state index contributed by atoms with van der Waals surface area (Å²) >= 11 is 0. The average molecular weight is 1080 g/mol. The van der Waals surface area contributed by atoms with Crippen LogP contribution in [0, 0.1) is 0 Å². The molecular formula is C78H47B2NO4. The maximum Gasteiger partial charge on any atom is 0.260 e. The minimum absolute atomic E-state index is 0.00512. The highest BCUT2D eigenvalue weighted by Gasteiger charge is 2.42. The molecule has 4 aliphatic heterocycles. The molecule has 18 rings (SSSR count). The summed E-state index contributed by atoms with van der Waals surface area (Å²) in [5, 5.41) is 2.30. The zero-order chi connectivity index (χ0) is 55.7. The molecule has 0 bridgehead atoms. The third-order valence-electron chi connectivity index (χ3n) is 17.8. The predicted molar refractivity (Wildman–Crippen MR) is 349 cm³/mol. The van der Waals surface area contributed by atoms with Gasteiger partial charge in [0, 0.05) is 38.5 Å². The number of ether oxygens (including phenoxy) is 4. The topological polar surface area (TPSA) is 41.9 Å². The Balaban J connectivity index is 0.861. The van der Waals surface area contributed by atoms with Gasteiger partial charge in [-0.1, -0.05) is 188 Å². The molecule has 14 aromatic rings. The Morgan fingerprint density at radius 1 is 0.224 bits per heavy atom. The van der Waals surface area contributed by atoms with Crippen LogP contribution in [-0.4, -0.2) is 18.0 Å². The summed E-state index contributed by atoms with van der Waals surface area (Å²) in [6.45, 7) is -0.0102. The summed E-state index contributed by atoms with van der Waals surface area (Å²) in [4.78, 5) is 0. The molecule has 5 nitrogen and oxygen atoms in total. The fraction of sp³-hybridized carbons (Fsp3) is 0. The molecule has 1 aromatic heterocycles. The van der Waals surface area contributed by atoms with E-state index in [0.717, 1.165) is 173 Å². The Morgan fingerprint density at radius 3 is 0.906 bits per heavy atom. The van der Waals surface area contributed by atoms with Crippen molar-refractivity contribution in [2.45, 2.75) is 0 Å². The lowest BCUT2D eigenvalue weighted by molar-refractivity contribution is 0.464. The quantitative estimate of drug-likeness (QED) is 0.149. The van der Waals surface area contributed by atoms with E-state index in [2.05, 4.69) is 290 Å². The van der Waals surface area contributed by atoms with Gasteiger partial charge in [0.25, 0.3) is 13.4 Å². The lowest BCUT2D eigenvalue weighted by Gasteiger charge is -2.33. The molecule has 0 fully saturated rings. The van der Waals surface area contributed by atoms with Crippen molar-refractivity contribution in [3.63, 3.8) is 0 Å². The van der Waals surface area contributed by atoms with Gasteiger partial charge in [-0.25, -0.2) is 0 Å². The second kappa shape index (κ2) is 18.8. The zero-order valence-electron chi connectivity index (χ0n) is 45.9. The van der Waals surface area contributed by atoms with Gasteiger partial charge in [-0.05, 0) is 175 Å². The molecule has 85 heavy (non-hydrogen) atoms. The summed E-state index contributed by atoms with van der Waals surface area (Å²) in [5.74, 6) is 6.72. The fourth-order valence-electron chi connectivity index (χ4n) is 14.0. The molecule has 5 heterocycles. The van der Waals surface area contributed by atoms with Crippen molar-refractivity contribution in [3.8, 4) is 118 Å². The van der Waals surface area contributed by atoms with Crippen molar-refractivity contribution in [2.75, 3.05) is 0 Å². The Bertz CT molecular complexity index is 4650. The number of nitrogens with zero attached hydrogens (tertiary/aromatic N) is 1. The van der Waals surface area contributed by atoms with E-state index in [4.69, 9.17) is 18.9 Å². The molecule has 0 atom stereocenters. The van der Waals surface area contributed by atoms with E-state index in [0.29, 0.717) is 0 Å². The van der Waals surface area contributed by atoms with Gasteiger partial charge in [0.05, 0.1) is 11.0 Å². The molecule has 0 saturated carbocycles. The highest BCUT2D eigenvalue weighted by molar-refractivity contribution is 6.99. The van der Waals surface area contributed by atoms with Crippen LogP contribution in [0.15, 0.2) is 285 Å². The number of fused-ring (bicyclic) bond motifs is 11. The molecule has 0 unspecified atom stereocenters. The minimum Gasteiger partial charge on any atom is -0.458 e. The summed E-state index contributed by atoms with van der Waals surface area (Å²) in [7, 11) is 0. The second-order valence-corrected chi connectivity index (χ2v) is 22.6. The van der Waals surface area contributed by atoms with Crippen molar-refractivity contribution in [1.82, 2.24) is 4.57 Å². The highest BCUT2D eigenvalue weighted by atomic mass is 16.5. The molecule has 7 heteroatoms.